The highest BCUT2D eigenvalue weighted by atomic mass is 32.2. The van der Waals surface area contributed by atoms with Crippen molar-refractivity contribution < 1.29 is 22.0 Å². The highest BCUT2D eigenvalue weighted by molar-refractivity contribution is 8.13. The summed E-state index contributed by atoms with van der Waals surface area (Å²) in [6.45, 7) is 0. The molecule has 2 aromatic carbocycles. The number of halogens is 2. The van der Waals surface area contributed by atoms with Crippen LogP contribution in [0.25, 0.3) is 0 Å². The third kappa shape index (κ3) is 4.24. The molecule has 0 unspecified atom stereocenters. The van der Waals surface area contributed by atoms with E-state index in [2.05, 4.69) is 4.72 Å². The maximum absolute atomic E-state index is 13.6. The molecule has 24 heavy (non-hydrogen) atoms. The normalized spacial score (nSPS) is 11.2. The summed E-state index contributed by atoms with van der Waals surface area (Å²) < 4.78 is 53.3. The van der Waals surface area contributed by atoms with Crippen LogP contribution in [0.2, 0.25) is 0 Å². The third-order valence-electron chi connectivity index (χ3n) is 2.88. The van der Waals surface area contributed by atoms with Crippen LogP contribution in [0.4, 0.5) is 19.3 Å². The summed E-state index contributed by atoms with van der Waals surface area (Å²) in [6.07, 6.45) is 0. The number of hydrogen-bond donors (Lipinski definition) is 1. The number of amides is 1. The van der Waals surface area contributed by atoms with Crippen LogP contribution < -0.4 is 4.72 Å². The van der Waals surface area contributed by atoms with Crippen LogP contribution in [0.15, 0.2) is 52.3 Å². The molecule has 1 N–H and O–H groups in total. The number of benzene rings is 2. The van der Waals surface area contributed by atoms with Gasteiger partial charge in [0, 0.05) is 24.7 Å². The van der Waals surface area contributed by atoms with Gasteiger partial charge in [0.05, 0.1) is 0 Å². The molecule has 0 heterocycles. The Morgan fingerprint density at radius 3 is 2.29 bits per heavy atom. The molecular weight excluding hydrogens is 358 g/mol. The molecule has 128 valence electrons. The van der Waals surface area contributed by atoms with Crippen molar-refractivity contribution in [3.8, 4) is 0 Å². The van der Waals surface area contributed by atoms with Crippen molar-refractivity contribution >= 4 is 32.7 Å². The van der Waals surface area contributed by atoms with Crippen molar-refractivity contribution in [1.82, 2.24) is 4.90 Å². The molecule has 0 aliphatic carbocycles. The number of nitrogens with zero attached hydrogens (tertiary/aromatic N) is 1. The lowest BCUT2D eigenvalue weighted by atomic mass is 10.3. The molecule has 0 fully saturated rings. The summed E-state index contributed by atoms with van der Waals surface area (Å²) in [5, 5.41) is -0.176. The van der Waals surface area contributed by atoms with E-state index in [9.17, 15) is 22.0 Å². The molecule has 0 spiro atoms. The van der Waals surface area contributed by atoms with Crippen molar-refractivity contribution in [2.24, 2.45) is 0 Å². The maximum atomic E-state index is 13.6. The Balaban J connectivity index is 2.19. The molecule has 0 aromatic heterocycles. The zero-order chi connectivity index (χ0) is 17.9. The number of rotatable bonds is 4. The summed E-state index contributed by atoms with van der Waals surface area (Å²) in [4.78, 5) is 12.8. The fraction of sp³-hybridized carbons (Fsp3) is 0.133. The van der Waals surface area contributed by atoms with E-state index in [1.54, 1.807) is 26.2 Å². The summed E-state index contributed by atoms with van der Waals surface area (Å²) in [7, 11) is -1.03. The van der Waals surface area contributed by atoms with Crippen molar-refractivity contribution in [2.45, 2.75) is 9.79 Å². The van der Waals surface area contributed by atoms with Gasteiger partial charge in [-0.25, -0.2) is 17.2 Å². The van der Waals surface area contributed by atoms with Crippen LogP contribution in [0.3, 0.4) is 0 Å². The Labute approximate surface area is 142 Å². The van der Waals surface area contributed by atoms with Crippen LogP contribution >= 0.6 is 11.8 Å². The van der Waals surface area contributed by atoms with Gasteiger partial charge in [-0.3, -0.25) is 9.52 Å². The topological polar surface area (TPSA) is 66.5 Å². The molecule has 0 saturated carbocycles. The quantitative estimate of drug-likeness (QED) is 0.834. The molecule has 2 rings (SSSR count). The first-order chi connectivity index (χ1) is 11.2. The average Bonchev–Trinajstić information content (AvgIpc) is 2.51. The van der Waals surface area contributed by atoms with Gasteiger partial charge in [-0.1, -0.05) is 6.07 Å². The molecule has 9 heteroatoms. The Morgan fingerprint density at radius 1 is 1.08 bits per heavy atom. The number of thioether (sulfide) groups is 1. The number of sulfonamides is 1. The van der Waals surface area contributed by atoms with Gasteiger partial charge in [-0.15, -0.1) is 0 Å². The molecule has 5 nitrogen and oxygen atoms in total. The summed E-state index contributed by atoms with van der Waals surface area (Å²) >= 11 is 0.979. The standard InChI is InChI=1S/C15H14F2N2O3S2/c1-19(2)15(20)23-11-8-6-10(7-9-11)18-24(21,22)13-5-3-4-12(16)14(13)17/h3-9,18H,1-2H3. The molecule has 0 aliphatic rings. The van der Waals surface area contributed by atoms with E-state index < -0.39 is 26.6 Å². The first-order valence-corrected chi connectivity index (χ1v) is 8.96. The Hall–Kier alpha value is -2.13. The van der Waals surface area contributed by atoms with Crippen molar-refractivity contribution in [1.29, 1.82) is 0 Å². The SMILES string of the molecule is CN(C)C(=O)Sc1ccc(NS(=O)(=O)c2cccc(F)c2F)cc1. The molecule has 0 bridgehead atoms. The van der Waals surface area contributed by atoms with E-state index in [1.165, 1.54) is 17.0 Å². The summed E-state index contributed by atoms with van der Waals surface area (Å²) in [5.74, 6) is -2.68. The predicted octanol–water partition coefficient (Wildman–Crippen LogP) is 3.54. The van der Waals surface area contributed by atoms with Gasteiger partial charge in [0.1, 0.15) is 4.90 Å². The van der Waals surface area contributed by atoms with Crippen LogP contribution in [0, 0.1) is 11.6 Å². The molecule has 0 radical (unpaired) electrons. The van der Waals surface area contributed by atoms with Crippen molar-refractivity contribution in [3.63, 3.8) is 0 Å². The van der Waals surface area contributed by atoms with Gasteiger partial charge in [-0.2, -0.15) is 0 Å². The van der Waals surface area contributed by atoms with E-state index in [0.29, 0.717) is 4.90 Å². The van der Waals surface area contributed by atoms with E-state index in [-0.39, 0.29) is 10.9 Å². The Morgan fingerprint density at radius 2 is 1.71 bits per heavy atom. The largest absolute Gasteiger partial charge is 0.339 e. The number of carbonyl (C=O) groups excluding carboxylic acids is 1. The molecule has 1 amide bonds. The second-order valence-electron chi connectivity index (χ2n) is 4.94. The van der Waals surface area contributed by atoms with Gasteiger partial charge in [0.15, 0.2) is 11.6 Å². The Bertz CT molecular complexity index is 854. The zero-order valence-electron chi connectivity index (χ0n) is 12.8. The molecule has 0 atom stereocenters. The van der Waals surface area contributed by atoms with Gasteiger partial charge >= 0.3 is 0 Å². The summed E-state index contributed by atoms with van der Waals surface area (Å²) in [6, 6.07) is 8.88. The molecule has 0 saturated heterocycles. The minimum atomic E-state index is -4.26. The maximum Gasteiger partial charge on any atom is 0.285 e. The number of nitrogens with one attached hydrogen (secondary N) is 1. The lowest BCUT2D eigenvalue weighted by molar-refractivity contribution is 0.241. The van der Waals surface area contributed by atoms with Crippen molar-refractivity contribution in [2.75, 3.05) is 18.8 Å². The monoisotopic (exact) mass is 372 g/mol. The summed E-state index contributed by atoms with van der Waals surface area (Å²) in [5.41, 5.74) is 0.167. The first-order valence-electron chi connectivity index (χ1n) is 6.67. The predicted molar refractivity (Wildman–Crippen MR) is 88.5 cm³/mol. The second kappa shape index (κ2) is 7.18. The highest BCUT2D eigenvalue weighted by Crippen LogP contribution is 2.24. The third-order valence-corrected chi connectivity index (χ3v) is 5.33. The van der Waals surface area contributed by atoms with Crippen LogP contribution in [-0.2, 0) is 10.0 Å². The molecule has 0 aliphatic heterocycles. The van der Waals surface area contributed by atoms with E-state index in [1.807, 2.05) is 0 Å². The highest BCUT2D eigenvalue weighted by Gasteiger charge is 2.21. The second-order valence-corrected chi connectivity index (χ2v) is 7.62. The minimum Gasteiger partial charge on any atom is -0.339 e. The molecular formula is C15H14F2N2O3S2. The zero-order valence-corrected chi connectivity index (χ0v) is 14.4. The van der Waals surface area contributed by atoms with Crippen LogP contribution in [0.1, 0.15) is 0 Å². The van der Waals surface area contributed by atoms with Gasteiger partial charge < -0.3 is 4.90 Å². The lowest BCUT2D eigenvalue weighted by Crippen LogP contribution is -2.16. The average molecular weight is 372 g/mol. The number of anilines is 1. The van der Waals surface area contributed by atoms with E-state index >= 15 is 0 Å². The smallest absolute Gasteiger partial charge is 0.285 e. The fourth-order valence-electron chi connectivity index (χ4n) is 1.68. The van der Waals surface area contributed by atoms with E-state index in [4.69, 9.17) is 0 Å². The number of carbonyl (C=O) groups is 1. The fourth-order valence-corrected chi connectivity index (χ4v) is 3.49. The number of hydrogen-bond acceptors (Lipinski definition) is 4. The van der Waals surface area contributed by atoms with Crippen molar-refractivity contribution in [3.05, 3.63) is 54.1 Å². The van der Waals surface area contributed by atoms with E-state index in [0.717, 1.165) is 30.0 Å². The molecule has 2 aromatic rings. The van der Waals surface area contributed by atoms with Gasteiger partial charge in [0.25, 0.3) is 15.3 Å². The van der Waals surface area contributed by atoms with Gasteiger partial charge in [0.2, 0.25) is 0 Å². The van der Waals surface area contributed by atoms with Crippen LogP contribution in [-0.4, -0.2) is 32.7 Å². The van der Waals surface area contributed by atoms with Crippen LogP contribution in [0.5, 0.6) is 0 Å². The van der Waals surface area contributed by atoms with Gasteiger partial charge in [-0.05, 0) is 48.2 Å². The lowest BCUT2D eigenvalue weighted by Gasteiger charge is -2.11. The first kappa shape index (κ1) is 18.2. The Kier molecular flexibility index (Phi) is 5.45. The minimum absolute atomic E-state index is 0.167.